The molecule has 0 fully saturated rings. The summed E-state index contributed by atoms with van der Waals surface area (Å²) in [5.41, 5.74) is 2.89. The van der Waals surface area contributed by atoms with Crippen molar-refractivity contribution in [1.82, 2.24) is 0 Å². The molecule has 0 aliphatic carbocycles. The number of benzene rings is 4. The average Bonchev–Trinajstić information content (AvgIpc) is 2.85. The van der Waals surface area contributed by atoms with Crippen molar-refractivity contribution in [3.63, 3.8) is 0 Å². The summed E-state index contributed by atoms with van der Waals surface area (Å²) < 4.78 is 49.7. The molecule has 2 atom stereocenters. The highest BCUT2D eigenvalue weighted by Crippen LogP contribution is 2.33. The van der Waals surface area contributed by atoms with Crippen molar-refractivity contribution in [3.05, 3.63) is 130 Å². The molecule has 0 aliphatic rings. The van der Waals surface area contributed by atoms with Gasteiger partial charge in [-0.15, -0.1) is 3.77 Å². The third-order valence-electron chi connectivity index (χ3n) is 5.20. The quantitative estimate of drug-likeness (QED) is 0.245. The monoisotopic (exact) mass is 522 g/mol. The van der Waals surface area contributed by atoms with Gasteiger partial charge in [0.25, 0.3) is 10.0 Å². The highest BCUT2D eigenvalue weighted by molar-refractivity contribution is 8.17. The molecule has 0 radical (unpaired) electrons. The Morgan fingerprint density at radius 2 is 1.14 bits per heavy atom. The Balaban J connectivity index is 1.85. The smallest absolute Gasteiger partial charge is 0.289 e. The minimum absolute atomic E-state index is 0.0132. The van der Waals surface area contributed by atoms with Crippen molar-refractivity contribution in [3.8, 4) is 0 Å². The van der Waals surface area contributed by atoms with Gasteiger partial charge >= 0.3 is 0 Å². The van der Waals surface area contributed by atoms with E-state index in [9.17, 15) is 12.6 Å². The van der Waals surface area contributed by atoms with Gasteiger partial charge in [-0.3, -0.25) is 4.21 Å². The molecule has 180 valence electrons. The summed E-state index contributed by atoms with van der Waals surface area (Å²) >= 11 is -0.918. The van der Waals surface area contributed by atoms with Gasteiger partial charge in [-0.05, 0) is 61.3 Å². The van der Waals surface area contributed by atoms with Crippen LogP contribution in [0.1, 0.15) is 16.7 Å². The van der Waals surface area contributed by atoms with Crippen molar-refractivity contribution < 1.29 is 12.6 Å². The van der Waals surface area contributed by atoms with Crippen LogP contribution in [-0.4, -0.2) is 12.6 Å². The van der Waals surface area contributed by atoms with E-state index in [1.807, 2.05) is 74.5 Å². The van der Waals surface area contributed by atoms with Gasteiger partial charge in [-0.25, -0.2) is 0 Å². The molecule has 35 heavy (non-hydrogen) atoms. The van der Waals surface area contributed by atoms with E-state index in [1.165, 1.54) is 12.1 Å². The average molecular weight is 523 g/mol. The number of aryl methyl sites for hydroxylation is 2. The standard InChI is InChI=1S/C27H26N2O3S3/c1-22-13-17-26(18-14-22)34(30,29-35(31,32)27-19-15-23(2)16-20-27)28-33(25-11-7-4-8-12-25)21-24-9-5-3-6-10-24/h3-20H,21H2,1-2H3. The minimum atomic E-state index is -4.23. The molecule has 0 amide bonds. The van der Waals surface area contributed by atoms with Crippen LogP contribution >= 0.6 is 0 Å². The fourth-order valence-electron chi connectivity index (χ4n) is 3.29. The predicted octanol–water partition coefficient (Wildman–Crippen LogP) is 6.60. The van der Waals surface area contributed by atoms with E-state index >= 15 is 0 Å². The lowest BCUT2D eigenvalue weighted by atomic mass is 10.2. The molecule has 0 aromatic heterocycles. The number of hydrogen-bond donors (Lipinski definition) is 0. The molecule has 0 saturated carbocycles. The molecule has 4 aromatic carbocycles. The predicted molar refractivity (Wildman–Crippen MR) is 144 cm³/mol. The van der Waals surface area contributed by atoms with Crippen molar-refractivity contribution >= 4 is 31.0 Å². The first-order valence-electron chi connectivity index (χ1n) is 10.9. The van der Waals surface area contributed by atoms with Crippen LogP contribution in [0.2, 0.25) is 0 Å². The number of hydrogen-bond acceptors (Lipinski definition) is 3. The maximum absolute atomic E-state index is 14.4. The maximum Gasteiger partial charge on any atom is 0.289 e. The molecule has 0 aliphatic heterocycles. The van der Waals surface area contributed by atoms with E-state index in [0.29, 0.717) is 5.75 Å². The number of rotatable bonds is 8. The molecule has 0 saturated heterocycles. The lowest BCUT2D eigenvalue weighted by molar-refractivity contribution is 0.598. The molecular weight excluding hydrogens is 497 g/mol. The van der Waals surface area contributed by atoms with Gasteiger partial charge in [-0.1, -0.05) is 83.9 Å². The molecular formula is C27H26N2O3S3. The fourth-order valence-corrected chi connectivity index (χ4v) is 9.38. The summed E-state index contributed by atoms with van der Waals surface area (Å²) in [4.78, 5) is 1.11. The third kappa shape index (κ3) is 6.41. The SMILES string of the molecule is Cc1ccc(S(=O)(=O)N=S(=O)([N-][S+](Cc2ccccc2)c2ccccc2)c2ccc(C)cc2)cc1. The topological polar surface area (TPSA) is 77.7 Å². The van der Waals surface area contributed by atoms with Crippen LogP contribution in [0.25, 0.3) is 4.13 Å². The first-order chi connectivity index (χ1) is 16.7. The molecule has 0 bridgehead atoms. The Kier molecular flexibility index (Phi) is 7.76. The van der Waals surface area contributed by atoms with Crippen LogP contribution in [0.5, 0.6) is 0 Å². The zero-order chi connectivity index (χ0) is 24.9. The van der Waals surface area contributed by atoms with Crippen molar-refractivity contribution in [2.45, 2.75) is 34.3 Å². The van der Waals surface area contributed by atoms with Crippen LogP contribution in [-0.2, 0) is 36.8 Å². The fraction of sp³-hybridized carbons (Fsp3) is 0.111. The van der Waals surface area contributed by atoms with E-state index < -0.39 is 31.0 Å². The van der Waals surface area contributed by atoms with Crippen LogP contribution < -0.4 is 0 Å². The van der Waals surface area contributed by atoms with Crippen molar-refractivity contribution in [2.75, 3.05) is 0 Å². The van der Waals surface area contributed by atoms with Gasteiger partial charge in [0.1, 0.15) is 10.6 Å². The van der Waals surface area contributed by atoms with Gasteiger partial charge in [0.2, 0.25) is 0 Å². The second kappa shape index (κ2) is 10.8. The Morgan fingerprint density at radius 3 is 1.69 bits per heavy atom. The number of nitrogens with zero attached hydrogens (tertiary/aromatic N) is 2. The van der Waals surface area contributed by atoms with Crippen molar-refractivity contribution in [2.24, 2.45) is 3.77 Å². The Morgan fingerprint density at radius 1 is 0.657 bits per heavy atom. The van der Waals surface area contributed by atoms with Crippen LogP contribution in [0.4, 0.5) is 0 Å². The first-order valence-corrected chi connectivity index (χ1v) is 15.2. The zero-order valence-electron chi connectivity index (χ0n) is 19.4. The van der Waals surface area contributed by atoms with Crippen molar-refractivity contribution in [1.29, 1.82) is 0 Å². The molecule has 0 heterocycles. The maximum atomic E-state index is 14.4. The van der Waals surface area contributed by atoms with E-state index in [-0.39, 0.29) is 9.79 Å². The van der Waals surface area contributed by atoms with Crippen LogP contribution in [0, 0.1) is 13.8 Å². The van der Waals surface area contributed by atoms with Gasteiger partial charge in [0, 0.05) is 20.4 Å². The molecule has 4 aromatic rings. The third-order valence-corrected chi connectivity index (χ3v) is 11.5. The Hall–Kier alpha value is -2.91. The lowest BCUT2D eigenvalue weighted by Gasteiger charge is -2.25. The molecule has 4 rings (SSSR count). The van der Waals surface area contributed by atoms with E-state index in [0.717, 1.165) is 21.6 Å². The highest BCUT2D eigenvalue weighted by Gasteiger charge is 2.23. The van der Waals surface area contributed by atoms with E-state index in [2.05, 4.69) is 3.77 Å². The second-order valence-corrected chi connectivity index (χ2v) is 13.6. The summed E-state index contributed by atoms with van der Waals surface area (Å²) in [6.07, 6.45) is 0. The molecule has 2 unspecified atom stereocenters. The normalized spacial score (nSPS) is 14.1. The minimum Gasteiger partial charge on any atom is -0.324 e. The van der Waals surface area contributed by atoms with E-state index in [4.69, 9.17) is 4.13 Å². The first kappa shape index (κ1) is 25.2. The van der Waals surface area contributed by atoms with Gasteiger partial charge < -0.3 is 4.13 Å². The van der Waals surface area contributed by atoms with E-state index in [1.54, 1.807) is 36.4 Å². The number of sulfonamides is 1. The lowest BCUT2D eigenvalue weighted by Crippen LogP contribution is -2.13. The Bertz CT molecular complexity index is 1500. The molecule has 8 heteroatoms. The van der Waals surface area contributed by atoms with Gasteiger partial charge in [0.05, 0.1) is 4.90 Å². The Labute approximate surface area is 211 Å². The summed E-state index contributed by atoms with van der Waals surface area (Å²) in [5.74, 6) is 0.480. The summed E-state index contributed by atoms with van der Waals surface area (Å²) in [6.45, 7) is 3.78. The summed E-state index contributed by atoms with van der Waals surface area (Å²) in [7, 11) is -7.93. The summed E-state index contributed by atoms with van der Waals surface area (Å²) in [5, 5.41) is 0. The van der Waals surface area contributed by atoms with Crippen LogP contribution in [0.15, 0.2) is 128 Å². The highest BCUT2D eigenvalue weighted by atomic mass is 32.3. The second-order valence-electron chi connectivity index (χ2n) is 8.05. The van der Waals surface area contributed by atoms with Gasteiger partial charge in [-0.2, -0.15) is 8.42 Å². The molecule has 0 N–H and O–H groups in total. The van der Waals surface area contributed by atoms with Gasteiger partial charge in [0.15, 0.2) is 0 Å². The summed E-state index contributed by atoms with van der Waals surface area (Å²) in [6, 6.07) is 32.5. The van der Waals surface area contributed by atoms with Crippen LogP contribution in [0.3, 0.4) is 0 Å². The molecule has 0 spiro atoms. The zero-order valence-corrected chi connectivity index (χ0v) is 21.9. The largest absolute Gasteiger partial charge is 0.324 e. The molecule has 5 nitrogen and oxygen atoms in total.